The maximum Gasteiger partial charge on any atom is 0.252 e. The molecule has 2 aromatic rings. The zero-order valence-corrected chi connectivity index (χ0v) is 14.3. The van der Waals surface area contributed by atoms with Crippen molar-refractivity contribution in [1.82, 2.24) is 4.98 Å². The van der Waals surface area contributed by atoms with Gasteiger partial charge < -0.3 is 15.7 Å². The molecule has 0 spiro atoms. The summed E-state index contributed by atoms with van der Waals surface area (Å²) >= 11 is 0. The molecule has 0 aliphatic carbocycles. The van der Waals surface area contributed by atoms with Crippen LogP contribution in [-0.2, 0) is 6.42 Å². The van der Waals surface area contributed by atoms with Crippen molar-refractivity contribution in [2.45, 2.75) is 19.3 Å². The van der Waals surface area contributed by atoms with Gasteiger partial charge in [-0.1, -0.05) is 6.07 Å². The molecule has 1 aliphatic heterocycles. The molecule has 1 fully saturated rings. The first-order valence-electron chi connectivity index (χ1n) is 8.49. The molecule has 1 unspecified atom stereocenters. The smallest absolute Gasteiger partial charge is 0.252 e. The van der Waals surface area contributed by atoms with E-state index in [-0.39, 0.29) is 13.0 Å². The second-order valence-corrected chi connectivity index (χ2v) is 6.83. The Balaban J connectivity index is 1.88. The minimum Gasteiger partial charge on any atom is -0.396 e. The molecule has 0 radical (unpaired) electrons. The fraction of sp³-hybridized carbons (Fsp3) is 0.368. The maximum atomic E-state index is 14.1. The molecular formula is C19H21F2N3O2. The summed E-state index contributed by atoms with van der Waals surface area (Å²) in [5, 5.41) is 10.1. The van der Waals surface area contributed by atoms with Crippen LogP contribution in [0.15, 0.2) is 36.5 Å². The Labute approximate surface area is 150 Å². The van der Waals surface area contributed by atoms with Gasteiger partial charge in [0.05, 0.1) is 12.2 Å². The van der Waals surface area contributed by atoms with Gasteiger partial charge >= 0.3 is 0 Å². The van der Waals surface area contributed by atoms with Gasteiger partial charge in [0.1, 0.15) is 17.5 Å². The Kier molecular flexibility index (Phi) is 5.18. The molecule has 3 N–H and O–H groups in total. The number of hydrogen-bond acceptors (Lipinski definition) is 4. The highest BCUT2D eigenvalue weighted by Gasteiger charge is 2.37. The Hall–Kier alpha value is -2.54. The highest BCUT2D eigenvalue weighted by molar-refractivity contribution is 5.97. The number of amides is 1. The molecule has 3 rings (SSSR count). The van der Waals surface area contributed by atoms with E-state index < -0.39 is 23.0 Å². The predicted octanol–water partition coefficient (Wildman–Crippen LogP) is 2.28. The van der Waals surface area contributed by atoms with Crippen molar-refractivity contribution in [2.75, 3.05) is 24.6 Å². The van der Waals surface area contributed by atoms with E-state index in [0.29, 0.717) is 36.5 Å². The molecule has 1 saturated heterocycles. The van der Waals surface area contributed by atoms with Crippen LogP contribution in [0.4, 0.5) is 14.6 Å². The van der Waals surface area contributed by atoms with Crippen molar-refractivity contribution in [1.29, 1.82) is 0 Å². The van der Waals surface area contributed by atoms with E-state index >= 15 is 0 Å². The van der Waals surface area contributed by atoms with Crippen LogP contribution < -0.4 is 10.6 Å². The third kappa shape index (κ3) is 3.67. The predicted molar refractivity (Wildman–Crippen MR) is 93.8 cm³/mol. The van der Waals surface area contributed by atoms with Crippen molar-refractivity contribution in [3.8, 4) is 0 Å². The Bertz CT molecular complexity index is 815. The number of aliphatic hydroxyl groups excluding tert-OH is 1. The largest absolute Gasteiger partial charge is 0.396 e. The van der Waals surface area contributed by atoms with Gasteiger partial charge in [-0.2, -0.15) is 0 Å². The number of primary amides is 1. The SMILES string of the molecule is NC(=O)c1cccnc1N1CCCC(CO)(Cc2ccc(F)cc2F)C1. The number of pyridine rings is 1. The fourth-order valence-electron chi connectivity index (χ4n) is 3.63. The number of anilines is 1. The lowest BCUT2D eigenvalue weighted by atomic mass is 9.75. The summed E-state index contributed by atoms with van der Waals surface area (Å²) in [5.74, 6) is -1.35. The van der Waals surface area contributed by atoms with Crippen molar-refractivity contribution < 1.29 is 18.7 Å². The number of halogens is 2. The topological polar surface area (TPSA) is 79.5 Å². The number of rotatable bonds is 5. The van der Waals surface area contributed by atoms with Crippen LogP contribution in [0.3, 0.4) is 0 Å². The lowest BCUT2D eigenvalue weighted by Gasteiger charge is -2.43. The third-order valence-corrected chi connectivity index (χ3v) is 4.93. The van der Waals surface area contributed by atoms with Crippen LogP contribution in [0.5, 0.6) is 0 Å². The van der Waals surface area contributed by atoms with Gasteiger partial charge in [0, 0.05) is 30.8 Å². The summed E-state index contributed by atoms with van der Waals surface area (Å²) < 4.78 is 27.3. The van der Waals surface area contributed by atoms with Gasteiger partial charge in [0.15, 0.2) is 0 Å². The molecule has 138 valence electrons. The standard InChI is InChI=1S/C19H21F2N3O2/c20-14-5-4-13(16(21)9-14)10-19(12-25)6-2-8-24(11-19)18-15(17(22)26)3-1-7-23-18/h1,3-5,7,9,25H,2,6,8,10-12H2,(H2,22,26). The number of aromatic nitrogens is 1. The molecular weight excluding hydrogens is 340 g/mol. The summed E-state index contributed by atoms with van der Waals surface area (Å²) in [6.45, 7) is 0.904. The van der Waals surface area contributed by atoms with Crippen LogP contribution in [0.2, 0.25) is 0 Å². The van der Waals surface area contributed by atoms with Gasteiger partial charge in [0.2, 0.25) is 0 Å². The number of hydrogen-bond donors (Lipinski definition) is 2. The normalized spacial score (nSPS) is 20.2. The van der Waals surface area contributed by atoms with Gasteiger partial charge in [-0.15, -0.1) is 0 Å². The van der Waals surface area contributed by atoms with Crippen molar-refractivity contribution in [2.24, 2.45) is 11.1 Å². The first-order valence-corrected chi connectivity index (χ1v) is 8.49. The molecule has 0 saturated carbocycles. The Morgan fingerprint density at radius 2 is 2.15 bits per heavy atom. The fourth-order valence-corrected chi connectivity index (χ4v) is 3.63. The Morgan fingerprint density at radius 3 is 2.85 bits per heavy atom. The molecule has 26 heavy (non-hydrogen) atoms. The van der Waals surface area contributed by atoms with E-state index in [2.05, 4.69) is 4.98 Å². The number of nitrogens with two attached hydrogens (primary N) is 1. The van der Waals surface area contributed by atoms with Crippen LogP contribution in [0.1, 0.15) is 28.8 Å². The maximum absolute atomic E-state index is 14.1. The molecule has 1 amide bonds. The lowest BCUT2D eigenvalue weighted by molar-refractivity contribution is 0.0993. The van der Waals surface area contributed by atoms with E-state index in [9.17, 15) is 18.7 Å². The van der Waals surface area contributed by atoms with Crippen LogP contribution in [0, 0.1) is 17.0 Å². The summed E-state index contributed by atoms with van der Waals surface area (Å²) in [5.41, 5.74) is 5.50. The quantitative estimate of drug-likeness (QED) is 0.856. The molecule has 1 aromatic carbocycles. The van der Waals surface area contributed by atoms with Crippen molar-refractivity contribution in [3.63, 3.8) is 0 Å². The number of carbonyl (C=O) groups excluding carboxylic acids is 1. The molecule has 7 heteroatoms. The second-order valence-electron chi connectivity index (χ2n) is 6.83. The van der Waals surface area contributed by atoms with E-state index in [1.807, 2.05) is 4.90 Å². The van der Waals surface area contributed by atoms with Crippen molar-refractivity contribution in [3.05, 3.63) is 59.3 Å². The third-order valence-electron chi connectivity index (χ3n) is 4.93. The van der Waals surface area contributed by atoms with E-state index in [1.54, 1.807) is 18.3 Å². The zero-order chi connectivity index (χ0) is 18.7. The molecule has 1 aliphatic rings. The van der Waals surface area contributed by atoms with Gasteiger partial charge in [-0.25, -0.2) is 13.8 Å². The molecule has 1 aromatic heterocycles. The monoisotopic (exact) mass is 361 g/mol. The molecule has 1 atom stereocenters. The van der Waals surface area contributed by atoms with Gasteiger partial charge in [-0.3, -0.25) is 4.79 Å². The number of aliphatic hydroxyl groups is 1. The molecule has 5 nitrogen and oxygen atoms in total. The summed E-state index contributed by atoms with van der Waals surface area (Å²) in [7, 11) is 0. The van der Waals surface area contributed by atoms with Crippen LogP contribution >= 0.6 is 0 Å². The molecule has 2 heterocycles. The Morgan fingerprint density at radius 1 is 1.35 bits per heavy atom. The minimum absolute atomic E-state index is 0.154. The molecule has 0 bridgehead atoms. The number of piperidine rings is 1. The summed E-state index contributed by atoms with van der Waals surface area (Å²) in [4.78, 5) is 17.9. The highest BCUT2D eigenvalue weighted by Crippen LogP contribution is 2.36. The first-order chi connectivity index (χ1) is 12.4. The van der Waals surface area contributed by atoms with Gasteiger partial charge in [0.25, 0.3) is 5.91 Å². The second kappa shape index (κ2) is 7.37. The first kappa shape index (κ1) is 18.3. The van der Waals surface area contributed by atoms with E-state index in [4.69, 9.17) is 5.73 Å². The summed E-state index contributed by atoms with van der Waals surface area (Å²) in [6.07, 6.45) is 3.29. The average Bonchev–Trinajstić information content (AvgIpc) is 2.64. The number of carbonyl (C=O) groups is 1. The van der Waals surface area contributed by atoms with Crippen LogP contribution in [0.25, 0.3) is 0 Å². The average molecular weight is 361 g/mol. The van der Waals surface area contributed by atoms with Crippen molar-refractivity contribution >= 4 is 11.7 Å². The van der Waals surface area contributed by atoms with Crippen LogP contribution in [-0.4, -0.2) is 35.7 Å². The van der Waals surface area contributed by atoms with E-state index in [0.717, 1.165) is 12.5 Å². The zero-order valence-electron chi connectivity index (χ0n) is 14.3. The highest BCUT2D eigenvalue weighted by atomic mass is 19.1. The van der Waals surface area contributed by atoms with Gasteiger partial charge in [-0.05, 0) is 43.0 Å². The number of nitrogens with zero attached hydrogens (tertiary/aromatic N) is 2. The summed E-state index contributed by atoms with van der Waals surface area (Å²) in [6, 6.07) is 6.73. The lowest BCUT2D eigenvalue weighted by Crippen LogP contribution is -2.47. The van der Waals surface area contributed by atoms with E-state index in [1.165, 1.54) is 12.1 Å². The number of benzene rings is 1. The minimum atomic E-state index is -0.630.